The number of fused-ring (bicyclic) bond motifs is 7. The Labute approximate surface area is 227 Å². The van der Waals surface area contributed by atoms with Crippen molar-refractivity contribution in [3.05, 3.63) is 114 Å². The van der Waals surface area contributed by atoms with E-state index in [1.54, 1.807) is 0 Å². The summed E-state index contributed by atoms with van der Waals surface area (Å²) < 4.78 is 10.7. The van der Waals surface area contributed by atoms with Gasteiger partial charge in [0.25, 0.3) is 0 Å². The summed E-state index contributed by atoms with van der Waals surface area (Å²) in [7, 11) is 2.64. The van der Waals surface area contributed by atoms with Crippen LogP contribution in [0.1, 0.15) is 16.7 Å². The van der Waals surface area contributed by atoms with E-state index in [4.69, 9.17) is 9.47 Å². The first kappa shape index (κ1) is 24.7. The van der Waals surface area contributed by atoms with Gasteiger partial charge in [0.1, 0.15) is 0 Å². The number of benzene rings is 5. The van der Waals surface area contributed by atoms with Gasteiger partial charge in [0.15, 0.2) is 0 Å². The molecule has 1 aliphatic rings. The third-order valence-corrected chi connectivity index (χ3v) is 7.91. The number of anilines is 1. The van der Waals surface area contributed by atoms with Crippen molar-refractivity contribution in [2.75, 3.05) is 19.1 Å². The van der Waals surface area contributed by atoms with Crippen molar-refractivity contribution in [2.24, 2.45) is 0 Å². The molecule has 1 aliphatic heterocycles. The average Bonchev–Trinajstić information content (AvgIpc) is 2.97. The Morgan fingerprint density at radius 2 is 1.18 bits per heavy atom. The van der Waals surface area contributed by atoms with Crippen molar-refractivity contribution in [3.8, 4) is 11.1 Å². The standard InChI is InChI=1S/C34H29NO4/c1-22-12-18-27(19-13-22)35-21-26-17-15-24-9-5-7-11-29(24)31(26)30-25(16-14-23-8-4-6-10-28(23)30)20-34(35,32(36)38-2)33(37)39-3/h4-19H,20-21H2,1-3H3. The van der Waals surface area contributed by atoms with Gasteiger partial charge in [-0.05, 0) is 62.9 Å². The monoisotopic (exact) mass is 515 g/mol. The van der Waals surface area contributed by atoms with E-state index >= 15 is 0 Å². The first-order valence-corrected chi connectivity index (χ1v) is 13.0. The number of hydrogen-bond donors (Lipinski definition) is 0. The fourth-order valence-corrected chi connectivity index (χ4v) is 6.00. The van der Waals surface area contributed by atoms with Gasteiger partial charge in [-0.3, -0.25) is 0 Å². The molecule has 0 radical (unpaired) electrons. The van der Waals surface area contributed by atoms with Crippen LogP contribution in [0.25, 0.3) is 32.7 Å². The van der Waals surface area contributed by atoms with Crippen LogP contribution in [0.15, 0.2) is 97.1 Å². The van der Waals surface area contributed by atoms with Crippen LogP contribution in [0.2, 0.25) is 0 Å². The number of esters is 2. The molecule has 0 saturated carbocycles. The second-order valence-corrected chi connectivity index (χ2v) is 10.1. The van der Waals surface area contributed by atoms with E-state index in [1.807, 2.05) is 60.4 Å². The van der Waals surface area contributed by atoms with Crippen LogP contribution in [-0.4, -0.2) is 31.7 Å². The van der Waals surface area contributed by atoms with Crippen LogP contribution >= 0.6 is 0 Å². The van der Waals surface area contributed by atoms with E-state index in [-0.39, 0.29) is 6.42 Å². The maximum atomic E-state index is 13.8. The summed E-state index contributed by atoms with van der Waals surface area (Å²) in [6.07, 6.45) is 0.0864. The van der Waals surface area contributed by atoms with Crippen LogP contribution in [0.4, 0.5) is 5.69 Å². The molecule has 1 heterocycles. The zero-order valence-corrected chi connectivity index (χ0v) is 22.2. The molecule has 0 spiro atoms. The molecule has 5 heteroatoms. The Balaban J connectivity index is 1.76. The minimum absolute atomic E-state index is 0.0864. The van der Waals surface area contributed by atoms with Crippen LogP contribution < -0.4 is 4.90 Å². The first-order chi connectivity index (χ1) is 19.0. The molecule has 5 aromatic carbocycles. The van der Waals surface area contributed by atoms with E-state index < -0.39 is 17.5 Å². The summed E-state index contributed by atoms with van der Waals surface area (Å²) in [6, 6.07) is 32.7. The zero-order chi connectivity index (χ0) is 27.1. The molecule has 0 bridgehead atoms. The third-order valence-electron chi connectivity index (χ3n) is 7.91. The minimum Gasteiger partial charge on any atom is -0.467 e. The summed E-state index contributed by atoms with van der Waals surface area (Å²) in [5, 5.41) is 4.41. The van der Waals surface area contributed by atoms with E-state index in [9.17, 15) is 9.59 Å². The van der Waals surface area contributed by atoms with Crippen molar-refractivity contribution >= 4 is 39.2 Å². The van der Waals surface area contributed by atoms with Crippen LogP contribution in [0, 0.1) is 6.92 Å². The number of nitrogens with zero attached hydrogens (tertiary/aromatic N) is 1. The molecule has 0 fully saturated rings. The van der Waals surface area contributed by atoms with Crippen LogP contribution in [0.3, 0.4) is 0 Å². The van der Waals surface area contributed by atoms with Gasteiger partial charge < -0.3 is 14.4 Å². The summed E-state index contributed by atoms with van der Waals surface area (Å²) in [4.78, 5) is 29.5. The van der Waals surface area contributed by atoms with Gasteiger partial charge in [0, 0.05) is 18.7 Å². The smallest absolute Gasteiger partial charge is 0.343 e. The first-order valence-electron chi connectivity index (χ1n) is 13.0. The number of aryl methyl sites for hydroxylation is 1. The molecule has 5 aromatic rings. The molecule has 0 atom stereocenters. The fourth-order valence-electron chi connectivity index (χ4n) is 6.00. The lowest BCUT2D eigenvalue weighted by Crippen LogP contribution is -2.63. The Kier molecular flexibility index (Phi) is 6.07. The predicted octanol–water partition coefficient (Wildman–Crippen LogP) is 6.62. The lowest BCUT2D eigenvalue weighted by atomic mass is 9.78. The molecule has 0 aliphatic carbocycles. The Morgan fingerprint density at radius 3 is 1.74 bits per heavy atom. The molecular weight excluding hydrogens is 486 g/mol. The largest absolute Gasteiger partial charge is 0.467 e. The molecule has 0 saturated heterocycles. The zero-order valence-electron chi connectivity index (χ0n) is 22.2. The molecule has 0 aromatic heterocycles. The maximum absolute atomic E-state index is 13.8. The normalized spacial score (nSPS) is 14.2. The summed E-state index contributed by atoms with van der Waals surface area (Å²) in [5.41, 5.74) is 4.10. The number of rotatable bonds is 3. The van der Waals surface area contributed by atoms with Crippen molar-refractivity contribution in [1.29, 1.82) is 0 Å². The summed E-state index contributed by atoms with van der Waals surface area (Å²) in [6.45, 7) is 2.31. The van der Waals surface area contributed by atoms with Gasteiger partial charge in [-0.25, -0.2) is 9.59 Å². The van der Waals surface area contributed by atoms with E-state index in [0.29, 0.717) is 6.54 Å². The van der Waals surface area contributed by atoms with Gasteiger partial charge in [-0.1, -0.05) is 90.5 Å². The fraction of sp³-hybridized carbons (Fsp3) is 0.176. The lowest BCUT2D eigenvalue weighted by molar-refractivity contribution is -0.161. The number of methoxy groups -OCH3 is 2. The highest BCUT2D eigenvalue weighted by Crippen LogP contribution is 2.45. The number of ether oxygens (including phenoxy) is 2. The molecule has 0 unspecified atom stereocenters. The topological polar surface area (TPSA) is 55.8 Å². The highest BCUT2D eigenvalue weighted by molar-refractivity contribution is 6.12. The second-order valence-electron chi connectivity index (χ2n) is 10.1. The Bertz CT molecular complexity index is 1720. The SMILES string of the molecule is COC(=O)C1(C(=O)OC)Cc2ccc3ccccc3c2-c2c(ccc3ccccc23)CN1c1ccc(C)cc1. The number of hydrogen-bond acceptors (Lipinski definition) is 5. The van der Waals surface area contributed by atoms with E-state index in [2.05, 4.69) is 48.5 Å². The molecule has 6 rings (SSSR count). The van der Waals surface area contributed by atoms with Gasteiger partial charge in [0.2, 0.25) is 5.54 Å². The van der Waals surface area contributed by atoms with Crippen molar-refractivity contribution in [1.82, 2.24) is 0 Å². The number of carbonyl (C=O) groups is 2. The average molecular weight is 516 g/mol. The summed E-state index contributed by atoms with van der Waals surface area (Å²) in [5.74, 6) is -1.31. The van der Waals surface area contributed by atoms with Crippen LogP contribution in [0.5, 0.6) is 0 Å². The van der Waals surface area contributed by atoms with Gasteiger partial charge in [-0.15, -0.1) is 0 Å². The van der Waals surface area contributed by atoms with E-state index in [1.165, 1.54) is 14.2 Å². The highest BCUT2D eigenvalue weighted by atomic mass is 16.5. The second kappa shape index (κ2) is 9.59. The molecule has 194 valence electrons. The molecule has 5 nitrogen and oxygen atoms in total. The van der Waals surface area contributed by atoms with Gasteiger partial charge >= 0.3 is 11.9 Å². The van der Waals surface area contributed by atoms with Crippen molar-refractivity contribution < 1.29 is 19.1 Å². The quantitative estimate of drug-likeness (QED) is 0.200. The molecular formula is C34H29NO4. The van der Waals surface area contributed by atoms with Crippen molar-refractivity contribution in [2.45, 2.75) is 25.4 Å². The van der Waals surface area contributed by atoms with Crippen LogP contribution in [-0.2, 0) is 32.0 Å². The third kappa shape index (κ3) is 3.85. The highest BCUT2D eigenvalue weighted by Gasteiger charge is 2.55. The Morgan fingerprint density at radius 1 is 0.667 bits per heavy atom. The van der Waals surface area contributed by atoms with Gasteiger partial charge in [0.05, 0.1) is 14.2 Å². The summed E-state index contributed by atoms with van der Waals surface area (Å²) >= 11 is 0. The molecule has 0 amide bonds. The molecule has 39 heavy (non-hydrogen) atoms. The predicted molar refractivity (Wildman–Crippen MR) is 155 cm³/mol. The Hall–Kier alpha value is -4.64. The van der Waals surface area contributed by atoms with Crippen molar-refractivity contribution in [3.63, 3.8) is 0 Å². The van der Waals surface area contributed by atoms with E-state index in [0.717, 1.165) is 55.0 Å². The maximum Gasteiger partial charge on any atom is 0.343 e. The minimum atomic E-state index is -1.74. The van der Waals surface area contributed by atoms with Gasteiger partial charge in [-0.2, -0.15) is 0 Å². The number of carbonyl (C=O) groups excluding carboxylic acids is 2. The lowest BCUT2D eigenvalue weighted by Gasteiger charge is -2.43. The molecule has 0 N–H and O–H groups in total.